The van der Waals surface area contributed by atoms with E-state index in [4.69, 9.17) is 9.47 Å². The van der Waals surface area contributed by atoms with Gasteiger partial charge in [0.1, 0.15) is 17.6 Å². The SMILES string of the molecule is COc1ccc(C(=O)CCCCC(=O)NC(CN2CCCC2)[C@H](O)c2ccc(OC)cc2)cc1. The molecule has 2 aromatic carbocycles. The molecule has 7 heteroatoms. The number of amides is 1. The van der Waals surface area contributed by atoms with Crippen LogP contribution in [-0.2, 0) is 4.79 Å². The molecule has 3 rings (SSSR count). The molecule has 0 spiro atoms. The third kappa shape index (κ3) is 7.57. The Kier molecular flexibility index (Phi) is 9.91. The number of rotatable bonds is 13. The molecule has 2 aromatic rings. The first kappa shape index (κ1) is 25.7. The Morgan fingerprint density at radius 1 is 0.912 bits per heavy atom. The highest BCUT2D eigenvalue weighted by Crippen LogP contribution is 2.22. The molecule has 0 aliphatic carbocycles. The summed E-state index contributed by atoms with van der Waals surface area (Å²) in [6.45, 7) is 2.57. The van der Waals surface area contributed by atoms with Crippen molar-refractivity contribution in [2.75, 3.05) is 33.9 Å². The summed E-state index contributed by atoms with van der Waals surface area (Å²) in [5.41, 5.74) is 1.40. The third-order valence-electron chi connectivity index (χ3n) is 6.31. The number of unbranched alkanes of at least 4 members (excludes halogenated alkanes) is 1. The Labute approximate surface area is 202 Å². The van der Waals surface area contributed by atoms with Gasteiger partial charge < -0.3 is 24.8 Å². The molecule has 34 heavy (non-hydrogen) atoms. The third-order valence-corrected chi connectivity index (χ3v) is 6.31. The van der Waals surface area contributed by atoms with Crippen LogP contribution in [-0.4, -0.2) is 61.6 Å². The average molecular weight is 469 g/mol. The molecule has 1 unspecified atom stereocenters. The number of hydrogen-bond acceptors (Lipinski definition) is 6. The van der Waals surface area contributed by atoms with Gasteiger partial charge in [-0.2, -0.15) is 0 Å². The topological polar surface area (TPSA) is 88.1 Å². The monoisotopic (exact) mass is 468 g/mol. The molecule has 1 saturated heterocycles. The largest absolute Gasteiger partial charge is 0.497 e. The van der Waals surface area contributed by atoms with Crippen molar-refractivity contribution >= 4 is 11.7 Å². The molecule has 0 saturated carbocycles. The van der Waals surface area contributed by atoms with E-state index in [2.05, 4.69) is 10.2 Å². The lowest BCUT2D eigenvalue weighted by molar-refractivity contribution is -0.123. The lowest BCUT2D eigenvalue weighted by Crippen LogP contribution is -2.46. The van der Waals surface area contributed by atoms with E-state index >= 15 is 0 Å². The van der Waals surface area contributed by atoms with Gasteiger partial charge in [0.25, 0.3) is 0 Å². The maximum absolute atomic E-state index is 12.7. The molecule has 184 valence electrons. The number of benzene rings is 2. The zero-order chi connectivity index (χ0) is 24.3. The van der Waals surface area contributed by atoms with Crippen LogP contribution in [0.3, 0.4) is 0 Å². The molecule has 0 bridgehead atoms. The normalized spacial score (nSPS) is 15.5. The van der Waals surface area contributed by atoms with E-state index in [9.17, 15) is 14.7 Å². The average Bonchev–Trinajstić information content (AvgIpc) is 3.39. The van der Waals surface area contributed by atoms with Crippen LogP contribution in [0, 0.1) is 0 Å². The Morgan fingerprint density at radius 2 is 1.47 bits per heavy atom. The highest BCUT2D eigenvalue weighted by atomic mass is 16.5. The van der Waals surface area contributed by atoms with Crippen molar-refractivity contribution in [3.63, 3.8) is 0 Å². The van der Waals surface area contributed by atoms with Crippen LogP contribution in [0.25, 0.3) is 0 Å². The zero-order valence-corrected chi connectivity index (χ0v) is 20.2. The number of Topliss-reactive ketones (excluding diaryl/α,β-unsaturated/α-hetero) is 1. The van der Waals surface area contributed by atoms with Crippen molar-refractivity contribution in [1.29, 1.82) is 0 Å². The summed E-state index contributed by atoms with van der Waals surface area (Å²) in [4.78, 5) is 27.3. The smallest absolute Gasteiger partial charge is 0.220 e. The van der Waals surface area contributed by atoms with E-state index in [1.807, 2.05) is 24.3 Å². The van der Waals surface area contributed by atoms with Crippen LogP contribution in [0.15, 0.2) is 48.5 Å². The molecular formula is C27H36N2O5. The van der Waals surface area contributed by atoms with E-state index in [1.165, 1.54) is 0 Å². The highest BCUT2D eigenvalue weighted by molar-refractivity contribution is 5.96. The van der Waals surface area contributed by atoms with E-state index in [1.54, 1.807) is 38.5 Å². The summed E-state index contributed by atoms with van der Waals surface area (Å²) in [6.07, 6.45) is 3.43. The molecule has 2 atom stereocenters. The summed E-state index contributed by atoms with van der Waals surface area (Å²) in [6, 6.07) is 14.0. The minimum atomic E-state index is -0.813. The van der Waals surface area contributed by atoms with Gasteiger partial charge in [-0.15, -0.1) is 0 Å². The van der Waals surface area contributed by atoms with E-state index in [0.29, 0.717) is 43.5 Å². The lowest BCUT2D eigenvalue weighted by Gasteiger charge is -2.29. The maximum Gasteiger partial charge on any atom is 0.220 e. The molecule has 0 aromatic heterocycles. The van der Waals surface area contributed by atoms with Gasteiger partial charge in [0.05, 0.1) is 20.3 Å². The predicted octanol–water partition coefficient (Wildman–Crippen LogP) is 3.76. The van der Waals surface area contributed by atoms with Gasteiger partial charge in [0.2, 0.25) is 5.91 Å². The Bertz CT molecular complexity index is 908. The molecule has 1 aliphatic rings. The molecule has 1 aliphatic heterocycles. The van der Waals surface area contributed by atoms with Gasteiger partial charge in [0, 0.05) is 24.9 Å². The minimum Gasteiger partial charge on any atom is -0.497 e. The molecule has 1 fully saturated rings. The van der Waals surface area contributed by atoms with Gasteiger partial charge in [-0.3, -0.25) is 9.59 Å². The second-order valence-corrected chi connectivity index (χ2v) is 8.76. The first-order chi connectivity index (χ1) is 16.5. The number of carbonyl (C=O) groups excluding carboxylic acids is 2. The van der Waals surface area contributed by atoms with Crippen LogP contribution >= 0.6 is 0 Å². The van der Waals surface area contributed by atoms with Gasteiger partial charge in [-0.05, 0) is 80.7 Å². The van der Waals surface area contributed by atoms with Crippen LogP contribution in [0.2, 0.25) is 0 Å². The number of nitrogens with one attached hydrogen (secondary N) is 1. The number of hydrogen-bond donors (Lipinski definition) is 2. The van der Waals surface area contributed by atoms with Crippen molar-refractivity contribution < 1.29 is 24.2 Å². The van der Waals surface area contributed by atoms with Crippen LogP contribution < -0.4 is 14.8 Å². The summed E-state index contributed by atoms with van der Waals surface area (Å²) in [7, 11) is 3.19. The van der Waals surface area contributed by atoms with Crippen LogP contribution in [0.5, 0.6) is 11.5 Å². The van der Waals surface area contributed by atoms with Gasteiger partial charge in [0.15, 0.2) is 5.78 Å². The van der Waals surface area contributed by atoms with E-state index in [-0.39, 0.29) is 11.7 Å². The number of nitrogens with zero attached hydrogens (tertiary/aromatic N) is 1. The molecule has 1 amide bonds. The molecule has 0 radical (unpaired) electrons. The summed E-state index contributed by atoms with van der Waals surface area (Å²) >= 11 is 0. The van der Waals surface area contributed by atoms with Gasteiger partial charge in [-0.1, -0.05) is 12.1 Å². The number of ether oxygens (including phenoxy) is 2. The number of carbonyl (C=O) groups is 2. The minimum absolute atomic E-state index is 0.0601. The second-order valence-electron chi connectivity index (χ2n) is 8.76. The molecule has 7 nitrogen and oxygen atoms in total. The number of ketones is 1. The molecule has 2 N–H and O–H groups in total. The second kappa shape index (κ2) is 13.1. The Morgan fingerprint density at radius 3 is 2.06 bits per heavy atom. The van der Waals surface area contributed by atoms with Crippen molar-refractivity contribution in [2.45, 2.75) is 50.7 Å². The Balaban J connectivity index is 1.49. The van der Waals surface area contributed by atoms with Gasteiger partial charge >= 0.3 is 0 Å². The fraction of sp³-hybridized carbons (Fsp3) is 0.481. The fourth-order valence-corrected chi connectivity index (χ4v) is 4.27. The van der Waals surface area contributed by atoms with Gasteiger partial charge in [-0.25, -0.2) is 0 Å². The number of aliphatic hydroxyl groups is 1. The van der Waals surface area contributed by atoms with Crippen molar-refractivity contribution in [2.24, 2.45) is 0 Å². The highest BCUT2D eigenvalue weighted by Gasteiger charge is 2.26. The first-order valence-electron chi connectivity index (χ1n) is 12.0. The number of likely N-dealkylation sites (tertiary alicyclic amines) is 1. The predicted molar refractivity (Wildman–Crippen MR) is 131 cm³/mol. The van der Waals surface area contributed by atoms with E-state index in [0.717, 1.165) is 37.2 Å². The van der Waals surface area contributed by atoms with E-state index < -0.39 is 12.1 Å². The summed E-state index contributed by atoms with van der Waals surface area (Å²) in [5, 5.41) is 14.1. The van der Waals surface area contributed by atoms with Crippen molar-refractivity contribution in [1.82, 2.24) is 10.2 Å². The first-order valence-corrected chi connectivity index (χ1v) is 12.0. The molecule has 1 heterocycles. The quantitative estimate of drug-likeness (QED) is 0.344. The summed E-state index contributed by atoms with van der Waals surface area (Å²) in [5.74, 6) is 1.40. The van der Waals surface area contributed by atoms with Crippen LogP contribution in [0.1, 0.15) is 60.6 Å². The van der Waals surface area contributed by atoms with Crippen molar-refractivity contribution in [3.8, 4) is 11.5 Å². The van der Waals surface area contributed by atoms with Crippen molar-refractivity contribution in [3.05, 3.63) is 59.7 Å². The number of methoxy groups -OCH3 is 2. The maximum atomic E-state index is 12.7. The molecular weight excluding hydrogens is 432 g/mol. The zero-order valence-electron chi connectivity index (χ0n) is 20.2. The summed E-state index contributed by atoms with van der Waals surface area (Å²) < 4.78 is 10.3. The Hall–Kier alpha value is -2.90. The fourth-order valence-electron chi connectivity index (χ4n) is 4.27. The standard InChI is InChI=1S/C27H36N2O5/c1-33-22-13-9-20(10-14-22)25(30)7-3-4-8-26(31)28-24(19-29-17-5-6-18-29)27(32)21-11-15-23(34-2)16-12-21/h9-16,24,27,32H,3-8,17-19H2,1-2H3,(H,28,31)/t24?,27-/m1/s1. The number of aliphatic hydroxyl groups excluding tert-OH is 1. The van der Waals surface area contributed by atoms with Crippen LogP contribution in [0.4, 0.5) is 0 Å². The lowest BCUT2D eigenvalue weighted by atomic mass is 10.0.